The summed E-state index contributed by atoms with van der Waals surface area (Å²) < 4.78 is 45.0. The number of alkyl carbamates (subject to hydrolysis) is 1. The first-order valence-electron chi connectivity index (χ1n) is 19.5. The third-order valence-corrected chi connectivity index (χ3v) is 13.3. The zero-order valence-corrected chi connectivity index (χ0v) is 32.1. The van der Waals surface area contributed by atoms with Crippen molar-refractivity contribution >= 4 is 37.4 Å². The number of halogens is 1. The number of allylic oxidation sites excluding steroid dienone is 1. The number of carbonyl (C=O) groups excluding carboxylic acids is 5. The van der Waals surface area contributed by atoms with E-state index < -0.39 is 67.0 Å². The SMILES string of the molecule is CCCP(=O)(NC(=O)[C@@]12CC1/C=C\CCCCC[C@H](NC(=O)OC1CCCC1)C(=O)N1C[C@H](OC(=O)N3Cc4cccc(F)c4C3)C[C@H]1C(=O)N2)OCC. The smallest absolute Gasteiger partial charge is 0.410 e. The van der Waals surface area contributed by atoms with Crippen LogP contribution in [0.1, 0.15) is 102 Å². The second-order valence-electron chi connectivity index (χ2n) is 15.1. The number of rotatable bonds is 9. The van der Waals surface area contributed by atoms with Crippen molar-refractivity contribution in [1.82, 2.24) is 25.5 Å². The fourth-order valence-corrected chi connectivity index (χ4v) is 9.96. The molecule has 5 amide bonds. The molecule has 1 aromatic carbocycles. The minimum absolute atomic E-state index is 0.0192. The summed E-state index contributed by atoms with van der Waals surface area (Å²) >= 11 is 0. The third kappa shape index (κ3) is 9.10. The van der Waals surface area contributed by atoms with Crippen molar-refractivity contribution in [2.45, 2.75) is 134 Å². The first kappa shape index (κ1) is 39.7. The van der Waals surface area contributed by atoms with E-state index in [1.54, 1.807) is 19.1 Å². The highest BCUT2D eigenvalue weighted by molar-refractivity contribution is 7.57. The number of carbonyl (C=O) groups is 5. The first-order chi connectivity index (χ1) is 25.9. The molecule has 2 saturated carbocycles. The molecule has 54 heavy (non-hydrogen) atoms. The lowest BCUT2D eigenvalue weighted by atomic mass is 10.0. The van der Waals surface area contributed by atoms with Crippen molar-refractivity contribution in [2.75, 3.05) is 19.3 Å². The van der Waals surface area contributed by atoms with Gasteiger partial charge in [-0.25, -0.2) is 14.0 Å². The van der Waals surface area contributed by atoms with Gasteiger partial charge < -0.3 is 29.5 Å². The van der Waals surface area contributed by atoms with Gasteiger partial charge in [-0.3, -0.25) is 28.9 Å². The van der Waals surface area contributed by atoms with Gasteiger partial charge >= 0.3 is 12.2 Å². The Morgan fingerprint density at radius 2 is 1.80 bits per heavy atom. The van der Waals surface area contributed by atoms with Crippen LogP contribution in [0.5, 0.6) is 0 Å². The summed E-state index contributed by atoms with van der Waals surface area (Å²) in [5, 5.41) is 8.29. The molecule has 3 aliphatic heterocycles. The number of nitrogens with zero attached hydrogens (tertiary/aromatic N) is 2. The third-order valence-electron chi connectivity index (χ3n) is 11.1. The van der Waals surface area contributed by atoms with Crippen molar-refractivity contribution in [3.05, 3.63) is 47.3 Å². The molecule has 16 heteroatoms. The van der Waals surface area contributed by atoms with Crippen LogP contribution in [0, 0.1) is 11.7 Å². The highest BCUT2D eigenvalue weighted by Gasteiger charge is 2.62. The molecular formula is C38H53FN5O9P. The summed E-state index contributed by atoms with van der Waals surface area (Å²) in [4.78, 5) is 71.9. The van der Waals surface area contributed by atoms with Crippen LogP contribution in [0.4, 0.5) is 14.0 Å². The van der Waals surface area contributed by atoms with Crippen molar-refractivity contribution in [2.24, 2.45) is 5.92 Å². The molecule has 2 aliphatic carbocycles. The van der Waals surface area contributed by atoms with Gasteiger partial charge in [-0.05, 0) is 76.3 Å². The van der Waals surface area contributed by atoms with E-state index >= 15 is 0 Å². The summed E-state index contributed by atoms with van der Waals surface area (Å²) in [5.41, 5.74) is -0.360. The topological polar surface area (TPSA) is 173 Å². The molecule has 3 fully saturated rings. The van der Waals surface area contributed by atoms with Crippen LogP contribution < -0.4 is 15.7 Å². The van der Waals surface area contributed by atoms with Crippen LogP contribution in [0.3, 0.4) is 0 Å². The molecule has 1 saturated heterocycles. The number of hydrogen-bond acceptors (Lipinski definition) is 9. The lowest BCUT2D eigenvalue weighted by Gasteiger charge is -2.30. The zero-order chi connectivity index (χ0) is 38.5. The summed E-state index contributed by atoms with van der Waals surface area (Å²) in [7, 11) is -3.56. The monoisotopic (exact) mass is 773 g/mol. The summed E-state index contributed by atoms with van der Waals surface area (Å²) in [6, 6.07) is 2.47. The summed E-state index contributed by atoms with van der Waals surface area (Å²) in [5.74, 6) is -2.61. The number of ether oxygens (including phenoxy) is 2. The van der Waals surface area contributed by atoms with E-state index in [1.165, 1.54) is 15.9 Å². The molecule has 6 rings (SSSR count). The Bertz CT molecular complexity index is 1660. The largest absolute Gasteiger partial charge is 0.446 e. The van der Waals surface area contributed by atoms with E-state index in [1.807, 2.05) is 19.1 Å². The Hall–Kier alpha value is -3.97. The Morgan fingerprint density at radius 1 is 1.02 bits per heavy atom. The highest BCUT2D eigenvalue weighted by atomic mass is 31.2. The number of amides is 5. The van der Waals surface area contributed by atoms with Crippen molar-refractivity contribution in [3.8, 4) is 0 Å². The van der Waals surface area contributed by atoms with Crippen molar-refractivity contribution in [1.29, 1.82) is 0 Å². The Labute approximate surface area is 315 Å². The van der Waals surface area contributed by atoms with E-state index in [0.29, 0.717) is 36.8 Å². The molecule has 0 radical (unpaired) electrons. The molecule has 0 bridgehead atoms. The van der Waals surface area contributed by atoms with Gasteiger partial charge in [0.15, 0.2) is 0 Å². The average Bonchev–Trinajstić information content (AvgIpc) is 3.55. The van der Waals surface area contributed by atoms with Crippen LogP contribution in [0.25, 0.3) is 0 Å². The maximum Gasteiger partial charge on any atom is 0.410 e. The van der Waals surface area contributed by atoms with E-state index in [2.05, 4.69) is 15.7 Å². The van der Waals surface area contributed by atoms with Gasteiger partial charge in [-0.1, -0.05) is 44.1 Å². The number of fused-ring (bicyclic) bond motifs is 3. The predicted molar refractivity (Wildman–Crippen MR) is 195 cm³/mol. The molecular weight excluding hydrogens is 720 g/mol. The Balaban J connectivity index is 1.24. The fourth-order valence-electron chi connectivity index (χ4n) is 8.14. The standard InChI is InChI=1S/C38H53FN5O9P/c1-3-19-54(50,51-4-2)42-35(47)38-21-26(38)14-8-6-5-7-9-18-31(40-36(48)52-27-15-10-11-16-27)34(46)44-23-28(20-32(44)33(45)41-38)53-37(49)43-22-25-13-12-17-30(39)29(25)24-43/h8,12-14,17,26-28,31-32H,3-7,9-11,15-16,18-24H2,1-2H3,(H,40,48)(H,41,45)(H,42,47,50)/b14-8-/t26?,28-,31+,32+,38-,54?/m1/s1. The van der Waals surface area contributed by atoms with Gasteiger partial charge in [0.1, 0.15) is 35.6 Å². The zero-order valence-electron chi connectivity index (χ0n) is 31.2. The molecule has 14 nitrogen and oxygen atoms in total. The van der Waals surface area contributed by atoms with E-state index in [-0.39, 0.29) is 57.3 Å². The van der Waals surface area contributed by atoms with Crippen LogP contribution in [-0.4, -0.2) is 88.9 Å². The molecule has 0 spiro atoms. The minimum atomic E-state index is -3.56. The van der Waals surface area contributed by atoms with Crippen molar-refractivity contribution < 1.29 is 46.9 Å². The van der Waals surface area contributed by atoms with E-state index in [4.69, 9.17) is 14.0 Å². The molecule has 6 atom stereocenters. The summed E-state index contributed by atoms with van der Waals surface area (Å²) in [6.45, 7) is 3.67. The van der Waals surface area contributed by atoms with Crippen LogP contribution >= 0.6 is 7.52 Å². The van der Waals surface area contributed by atoms with Crippen LogP contribution in [0.2, 0.25) is 0 Å². The van der Waals surface area contributed by atoms with Gasteiger partial charge in [0, 0.05) is 30.6 Å². The second-order valence-corrected chi connectivity index (χ2v) is 17.4. The quantitative estimate of drug-likeness (QED) is 0.218. The molecule has 2 unspecified atom stereocenters. The number of hydrogen-bond donors (Lipinski definition) is 3. The maximum atomic E-state index is 14.5. The second kappa shape index (κ2) is 17.2. The van der Waals surface area contributed by atoms with Gasteiger partial charge in [-0.15, -0.1) is 0 Å². The lowest BCUT2D eigenvalue weighted by Crippen LogP contribution is -2.57. The average molecular weight is 774 g/mol. The predicted octanol–water partition coefficient (Wildman–Crippen LogP) is 5.44. The Morgan fingerprint density at radius 3 is 2.54 bits per heavy atom. The van der Waals surface area contributed by atoms with Gasteiger partial charge in [0.2, 0.25) is 11.8 Å². The molecule has 0 aromatic heterocycles. The van der Waals surface area contributed by atoms with E-state index in [0.717, 1.165) is 38.5 Å². The lowest BCUT2D eigenvalue weighted by molar-refractivity contribution is -0.141. The maximum absolute atomic E-state index is 14.5. The van der Waals surface area contributed by atoms with E-state index in [9.17, 15) is 32.9 Å². The van der Waals surface area contributed by atoms with Gasteiger partial charge in [0.05, 0.1) is 19.7 Å². The van der Waals surface area contributed by atoms with Crippen LogP contribution in [-0.2, 0) is 46.0 Å². The summed E-state index contributed by atoms with van der Waals surface area (Å²) in [6.07, 6.45) is 8.72. The van der Waals surface area contributed by atoms with Crippen LogP contribution in [0.15, 0.2) is 30.4 Å². The molecule has 296 valence electrons. The van der Waals surface area contributed by atoms with Gasteiger partial charge in [0.25, 0.3) is 13.4 Å². The Kier molecular flexibility index (Phi) is 12.7. The molecule has 5 aliphatic rings. The number of benzene rings is 1. The highest BCUT2D eigenvalue weighted by Crippen LogP contribution is 2.50. The van der Waals surface area contributed by atoms with Gasteiger partial charge in [-0.2, -0.15) is 0 Å². The fraction of sp³-hybridized carbons (Fsp3) is 0.658. The number of nitrogens with one attached hydrogen (secondary N) is 3. The normalized spacial score (nSPS) is 29.0. The minimum Gasteiger partial charge on any atom is -0.446 e. The van der Waals surface area contributed by atoms with Crippen molar-refractivity contribution in [3.63, 3.8) is 0 Å². The molecule has 3 heterocycles. The first-order valence-corrected chi connectivity index (χ1v) is 21.3. The molecule has 1 aromatic rings. The molecule has 3 N–H and O–H groups in total.